The molecule has 3 nitrogen and oxygen atoms in total. The fourth-order valence-corrected chi connectivity index (χ4v) is 2.03. The number of fused-ring (bicyclic) bond motifs is 1. The van der Waals surface area contributed by atoms with Gasteiger partial charge in [-0.05, 0) is 36.4 Å². The number of rotatable bonds is 1. The molecule has 0 saturated carbocycles. The number of hydrogen-bond donors (Lipinski definition) is 1. The Hall–Kier alpha value is -2.20. The zero-order valence-corrected chi connectivity index (χ0v) is 10.3. The van der Waals surface area contributed by atoms with Crippen molar-refractivity contribution in [3.8, 4) is 5.75 Å². The third-order valence-corrected chi connectivity index (χ3v) is 3.08. The third-order valence-electron chi connectivity index (χ3n) is 2.27. The highest BCUT2D eigenvalue weighted by molar-refractivity contribution is 7.16. The molecule has 1 N–H and O–H groups in total. The highest BCUT2D eigenvalue weighted by Crippen LogP contribution is 2.15. The molecule has 1 heterocycles. The maximum Gasteiger partial charge on any atom is 0.150 e. The smallest absolute Gasteiger partial charge is 0.150 e. The Morgan fingerprint density at radius 2 is 1.78 bits per heavy atom. The van der Waals surface area contributed by atoms with Crippen molar-refractivity contribution < 1.29 is 9.90 Å². The van der Waals surface area contributed by atoms with Crippen LogP contribution in [0, 0.1) is 0 Å². The zero-order valence-electron chi connectivity index (χ0n) is 9.48. The van der Waals surface area contributed by atoms with Crippen LogP contribution in [0.25, 0.3) is 10.2 Å². The molecule has 0 unspecified atom stereocenters. The minimum absolute atomic E-state index is 0.181. The number of nitrogens with zero attached hydrogens (tertiary/aromatic N) is 1. The van der Waals surface area contributed by atoms with Crippen molar-refractivity contribution in [3.05, 3.63) is 59.6 Å². The van der Waals surface area contributed by atoms with E-state index >= 15 is 0 Å². The molecule has 0 aliphatic rings. The average molecular weight is 257 g/mol. The number of thiazole rings is 1. The first-order chi connectivity index (χ1) is 8.79. The first kappa shape index (κ1) is 12.3. The van der Waals surface area contributed by atoms with Gasteiger partial charge in [-0.2, -0.15) is 0 Å². The summed E-state index contributed by atoms with van der Waals surface area (Å²) in [7, 11) is 0. The van der Waals surface area contributed by atoms with Crippen molar-refractivity contribution in [2.45, 2.75) is 0 Å². The van der Waals surface area contributed by atoms with E-state index in [1.807, 2.05) is 23.7 Å². The second-order valence-electron chi connectivity index (χ2n) is 3.53. The number of aromatic hydroxyl groups is 1. The van der Waals surface area contributed by atoms with Gasteiger partial charge < -0.3 is 5.11 Å². The molecule has 90 valence electrons. The van der Waals surface area contributed by atoms with Crippen molar-refractivity contribution in [1.29, 1.82) is 0 Å². The zero-order chi connectivity index (χ0) is 12.8. The summed E-state index contributed by atoms with van der Waals surface area (Å²) >= 11 is 1.68. The van der Waals surface area contributed by atoms with E-state index in [1.54, 1.807) is 23.5 Å². The predicted octanol–water partition coefficient (Wildman–Crippen LogP) is 3.50. The standard InChI is InChI=1S/C7H5NS.C7H6O2/c1-2-4-7-6(3-1)8-5-9-7;8-5-6-1-3-7(9)4-2-6/h1-5H;1-5,9H. The summed E-state index contributed by atoms with van der Waals surface area (Å²) in [6, 6.07) is 14.2. The monoisotopic (exact) mass is 257 g/mol. The lowest BCUT2D eigenvalue weighted by Gasteiger charge is -1.88. The molecule has 18 heavy (non-hydrogen) atoms. The average Bonchev–Trinajstić information content (AvgIpc) is 2.89. The van der Waals surface area contributed by atoms with Crippen LogP contribution in [-0.2, 0) is 0 Å². The van der Waals surface area contributed by atoms with Crippen molar-refractivity contribution in [1.82, 2.24) is 4.98 Å². The lowest BCUT2D eigenvalue weighted by Crippen LogP contribution is -1.74. The van der Waals surface area contributed by atoms with Crippen LogP contribution in [-0.4, -0.2) is 16.4 Å². The molecule has 0 saturated heterocycles. The summed E-state index contributed by atoms with van der Waals surface area (Å²) < 4.78 is 1.26. The second kappa shape index (κ2) is 5.93. The topological polar surface area (TPSA) is 50.2 Å². The maximum absolute atomic E-state index is 10.0. The molecule has 0 aliphatic heterocycles. The van der Waals surface area contributed by atoms with Gasteiger partial charge in [0.05, 0.1) is 15.7 Å². The van der Waals surface area contributed by atoms with Crippen LogP contribution in [0.4, 0.5) is 0 Å². The Kier molecular flexibility index (Phi) is 4.04. The number of carbonyl (C=O) groups is 1. The van der Waals surface area contributed by atoms with E-state index in [-0.39, 0.29) is 5.75 Å². The van der Waals surface area contributed by atoms with Gasteiger partial charge in [-0.3, -0.25) is 4.79 Å². The minimum Gasteiger partial charge on any atom is -0.508 e. The normalized spacial score (nSPS) is 9.56. The van der Waals surface area contributed by atoms with Crippen LogP contribution in [0.1, 0.15) is 10.4 Å². The molecular formula is C14H11NO2S. The van der Waals surface area contributed by atoms with E-state index in [0.29, 0.717) is 5.56 Å². The van der Waals surface area contributed by atoms with Gasteiger partial charge in [0.15, 0.2) is 0 Å². The molecule has 0 radical (unpaired) electrons. The number of aldehydes is 1. The van der Waals surface area contributed by atoms with Crippen LogP contribution in [0.2, 0.25) is 0 Å². The predicted molar refractivity (Wildman–Crippen MR) is 73.1 cm³/mol. The summed E-state index contributed by atoms with van der Waals surface area (Å²) in [6.07, 6.45) is 0.736. The molecule has 0 aliphatic carbocycles. The fourth-order valence-electron chi connectivity index (χ4n) is 1.36. The molecular weight excluding hydrogens is 246 g/mol. The Balaban J connectivity index is 0.000000134. The SMILES string of the molecule is O=Cc1ccc(O)cc1.c1ccc2scnc2c1. The highest BCUT2D eigenvalue weighted by atomic mass is 32.1. The van der Waals surface area contributed by atoms with Crippen LogP contribution in [0.5, 0.6) is 5.75 Å². The van der Waals surface area contributed by atoms with E-state index in [9.17, 15) is 4.79 Å². The van der Waals surface area contributed by atoms with Crippen molar-refractivity contribution >= 4 is 27.8 Å². The first-order valence-electron chi connectivity index (χ1n) is 5.32. The van der Waals surface area contributed by atoms with Crippen LogP contribution >= 0.6 is 11.3 Å². The van der Waals surface area contributed by atoms with Gasteiger partial charge in [0.25, 0.3) is 0 Å². The molecule has 3 rings (SSSR count). The Morgan fingerprint density at radius 3 is 2.44 bits per heavy atom. The van der Waals surface area contributed by atoms with Gasteiger partial charge in [-0.25, -0.2) is 4.98 Å². The Labute approximate surface area is 108 Å². The van der Waals surface area contributed by atoms with E-state index in [0.717, 1.165) is 11.8 Å². The van der Waals surface area contributed by atoms with Crippen molar-refractivity contribution in [2.24, 2.45) is 0 Å². The van der Waals surface area contributed by atoms with Crippen LogP contribution in [0.3, 0.4) is 0 Å². The number of benzene rings is 2. The third kappa shape index (κ3) is 3.15. The van der Waals surface area contributed by atoms with Gasteiger partial charge in [0.1, 0.15) is 12.0 Å². The highest BCUT2D eigenvalue weighted by Gasteiger charge is 1.89. The Morgan fingerprint density at radius 1 is 1.06 bits per heavy atom. The second-order valence-corrected chi connectivity index (χ2v) is 4.42. The van der Waals surface area contributed by atoms with Gasteiger partial charge in [-0.15, -0.1) is 11.3 Å². The fraction of sp³-hybridized carbons (Fsp3) is 0. The summed E-state index contributed by atoms with van der Waals surface area (Å²) in [5.41, 5.74) is 3.54. The molecule has 1 aromatic heterocycles. The molecule has 0 atom stereocenters. The Bertz CT molecular complexity index is 601. The molecule has 2 aromatic carbocycles. The van der Waals surface area contributed by atoms with Crippen molar-refractivity contribution in [2.75, 3.05) is 0 Å². The van der Waals surface area contributed by atoms with Crippen molar-refractivity contribution in [3.63, 3.8) is 0 Å². The number of aromatic nitrogens is 1. The number of phenols is 1. The lowest BCUT2D eigenvalue weighted by molar-refractivity contribution is 0.112. The van der Waals surface area contributed by atoms with Crippen LogP contribution < -0.4 is 0 Å². The molecule has 0 amide bonds. The lowest BCUT2D eigenvalue weighted by atomic mass is 10.2. The number of hydrogen-bond acceptors (Lipinski definition) is 4. The summed E-state index contributed by atoms with van der Waals surface area (Å²) in [5.74, 6) is 0.181. The van der Waals surface area contributed by atoms with Gasteiger partial charge >= 0.3 is 0 Å². The quantitative estimate of drug-likeness (QED) is 0.679. The number of phenolic OH excluding ortho intramolecular Hbond substituents is 1. The van der Waals surface area contributed by atoms with Gasteiger partial charge in [0.2, 0.25) is 0 Å². The van der Waals surface area contributed by atoms with Gasteiger partial charge in [0, 0.05) is 5.56 Å². The van der Waals surface area contributed by atoms with E-state index in [4.69, 9.17) is 5.11 Å². The van der Waals surface area contributed by atoms with E-state index in [2.05, 4.69) is 11.1 Å². The molecule has 0 spiro atoms. The molecule has 3 aromatic rings. The van der Waals surface area contributed by atoms with E-state index in [1.165, 1.54) is 16.8 Å². The summed E-state index contributed by atoms with van der Waals surface area (Å²) in [4.78, 5) is 14.2. The first-order valence-corrected chi connectivity index (χ1v) is 6.20. The molecule has 0 fully saturated rings. The number of carbonyl (C=O) groups excluding carboxylic acids is 1. The largest absolute Gasteiger partial charge is 0.508 e. The minimum atomic E-state index is 0.181. The summed E-state index contributed by atoms with van der Waals surface area (Å²) in [5, 5.41) is 8.74. The van der Waals surface area contributed by atoms with Crippen LogP contribution in [0.15, 0.2) is 54.0 Å². The number of para-hydroxylation sites is 1. The molecule has 4 heteroatoms. The molecule has 0 bridgehead atoms. The summed E-state index contributed by atoms with van der Waals surface area (Å²) in [6.45, 7) is 0. The van der Waals surface area contributed by atoms with E-state index < -0.39 is 0 Å². The maximum atomic E-state index is 10.0. The van der Waals surface area contributed by atoms with Gasteiger partial charge in [-0.1, -0.05) is 12.1 Å².